The number of nitrogens with one attached hydrogen (secondary N) is 4. The van der Waals surface area contributed by atoms with E-state index in [0.717, 1.165) is 68.1 Å². The summed E-state index contributed by atoms with van der Waals surface area (Å²) in [5.41, 5.74) is 4.06. The zero-order valence-corrected chi connectivity index (χ0v) is 41.0. The molecule has 4 amide bonds. The lowest BCUT2D eigenvalue weighted by Gasteiger charge is -2.25. The number of ether oxygens (including phenoxy) is 3. The molecule has 0 bridgehead atoms. The number of hydrogen-bond donors (Lipinski definition) is 5. The monoisotopic (exact) mass is 1000 g/mol. The molecule has 9 rings (SSSR count). The van der Waals surface area contributed by atoms with E-state index in [2.05, 4.69) is 31.3 Å². The largest absolute Gasteiger partial charge is 0.474 e. The van der Waals surface area contributed by atoms with Crippen molar-refractivity contribution < 1.29 is 46.5 Å². The van der Waals surface area contributed by atoms with Crippen molar-refractivity contribution in [2.45, 2.75) is 88.3 Å². The quantitative estimate of drug-likeness (QED) is 0.0556. The van der Waals surface area contributed by atoms with Gasteiger partial charge in [0.25, 0.3) is 0 Å². The van der Waals surface area contributed by atoms with E-state index < -0.39 is 53.2 Å². The second-order valence-corrected chi connectivity index (χ2v) is 19.4. The summed E-state index contributed by atoms with van der Waals surface area (Å²) in [5, 5.41) is 31.5. The van der Waals surface area contributed by atoms with Gasteiger partial charge < -0.3 is 30.0 Å². The number of nitrogens with zero attached hydrogens (tertiary/aromatic N) is 6. The molecule has 4 atom stereocenters. The zero-order valence-electron chi connectivity index (χ0n) is 41.0. The molecule has 72 heavy (non-hydrogen) atoms. The molecule has 5 N–H and O–H groups in total. The number of carbonyl (C=O) groups is 2. The lowest BCUT2D eigenvalue weighted by atomic mass is 9.91. The highest BCUT2D eigenvalue weighted by Gasteiger charge is 2.38. The number of benzene rings is 3. The number of hydrogen-bond acceptors (Lipinski definition) is 10. The number of carbonyl (C=O) groups excluding carboxylic acids is 2. The van der Waals surface area contributed by atoms with Gasteiger partial charge in [-0.25, -0.2) is 36.5 Å². The van der Waals surface area contributed by atoms with Crippen LogP contribution in [-0.2, 0) is 22.3 Å². The average Bonchev–Trinajstić information content (AvgIpc) is 4.21. The predicted molar refractivity (Wildman–Crippen MR) is 263 cm³/mol. The van der Waals surface area contributed by atoms with Crippen LogP contribution in [-0.4, -0.2) is 139 Å². The van der Waals surface area contributed by atoms with Crippen molar-refractivity contribution >= 4 is 23.7 Å². The third-order valence-corrected chi connectivity index (χ3v) is 14.6. The maximum absolute atomic E-state index is 16.2. The number of methoxy groups -OCH3 is 2. The molecule has 3 fully saturated rings. The van der Waals surface area contributed by atoms with Gasteiger partial charge in [0.1, 0.15) is 29.9 Å². The number of aliphatic hydroxyl groups is 1. The van der Waals surface area contributed by atoms with Crippen LogP contribution in [0.25, 0.3) is 16.8 Å². The average molecular weight is 1000 g/mol. The molecular weight excluding hydrogens is 937 g/mol. The molecule has 2 aliphatic carbocycles. The van der Waals surface area contributed by atoms with Crippen molar-refractivity contribution in [3.8, 4) is 22.7 Å². The van der Waals surface area contributed by atoms with Crippen LogP contribution in [0.2, 0.25) is 0 Å². The molecule has 5 aromatic rings. The van der Waals surface area contributed by atoms with Gasteiger partial charge in [0, 0.05) is 82.5 Å². The van der Waals surface area contributed by atoms with Gasteiger partial charge in [-0.3, -0.25) is 20.4 Å². The van der Waals surface area contributed by atoms with E-state index in [1.165, 1.54) is 29.3 Å². The summed E-state index contributed by atoms with van der Waals surface area (Å²) in [7, 11) is 3.20. The summed E-state index contributed by atoms with van der Waals surface area (Å²) in [4.78, 5) is 32.2. The third-order valence-electron chi connectivity index (χ3n) is 14.6. The standard InChI is InChI=1S/C52H64F4N10O6/c1-31-48(59-51(68)57-45-29-63(15-18-70-2)27-41(45)33-21-35(53)26-36(54)22-33)66(62-50(31)72-20-17-67)38-12-7-9-32(23-38)40-24-34(25-43(55)47(40)56)42-28-64(16-19-71-3)30-46(42)58-52(69)60-49-39-13-8-14-44(39)61-65(49)37-10-5-4-6-11-37/h7,9,12,21-26,37,41-42,45-46,67H,4-6,8,10-11,13-20,27-30H2,1-3H3,(H2,57,59,68)(H2,58,60,69). The lowest BCUT2D eigenvalue weighted by Crippen LogP contribution is -2.43. The molecular formula is C52H64F4N10O6. The molecule has 3 aromatic carbocycles. The minimum atomic E-state index is -1.07. The highest BCUT2D eigenvalue weighted by Crippen LogP contribution is 2.39. The molecule has 2 aliphatic heterocycles. The van der Waals surface area contributed by atoms with E-state index in [9.17, 15) is 23.5 Å². The van der Waals surface area contributed by atoms with Crippen LogP contribution < -0.4 is 26.0 Å². The van der Waals surface area contributed by atoms with Gasteiger partial charge in [-0.1, -0.05) is 31.4 Å². The minimum absolute atomic E-state index is 0.0238. The summed E-state index contributed by atoms with van der Waals surface area (Å²) in [6.07, 6.45) is 8.16. The SMILES string of the molecule is COCCN1CC(NC(=O)Nc2c(C)c(OCCO)nn2-c2cccc(-c3cc(C4CN(CCOC)CC4NC(=O)Nc4c5c(nn4C4CCCCC4)CCC5)cc(F)c3F)c2)C(c2cc(F)cc(F)c2)C1. The van der Waals surface area contributed by atoms with Crippen LogP contribution in [0.5, 0.6) is 5.88 Å². The number of anilines is 2. The van der Waals surface area contributed by atoms with Gasteiger partial charge in [0.05, 0.1) is 54.9 Å². The van der Waals surface area contributed by atoms with Crippen molar-refractivity contribution in [3.63, 3.8) is 0 Å². The van der Waals surface area contributed by atoms with Crippen LogP contribution in [0, 0.1) is 30.2 Å². The number of amides is 4. The maximum atomic E-state index is 16.2. The summed E-state index contributed by atoms with van der Waals surface area (Å²) in [6.45, 7) is 4.90. The van der Waals surface area contributed by atoms with E-state index in [4.69, 9.17) is 19.3 Å². The first-order valence-corrected chi connectivity index (χ1v) is 25.0. The molecule has 16 nitrogen and oxygen atoms in total. The van der Waals surface area contributed by atoms with E-state index in [1.807, 2.05) is 9.58 Å². The number of aryl methyl sites for hydroxylation is 1. The van der Waals surface area contributed by atoms with Gasteiger partial charge in [-0.15, -0.1) is 5.10 Å². The first kappa shape index (κ1) is 50.9. The summed E-state index contributed by atoms with van der Waals surface area (Å²) in [6, 6.07) is 10.9. The van der Waals surface area contributed by atoms with Crippen molar-refractivity contribution in [3.05, 3.63) is 106 Å². The molecule has 1 saturated carbocycles. The van der Waals surface area contributed by atoms with E-state index in [-0.39, 0.29) is 42.5 Å². The Morgan fingerprint density at radius 2 is 1.38 bits per heavy atom. The van der Waals surface area contributed by atoms with Crippen molar-refractivity contribution in [1.82, 2.24) is 40.0 Å². The number of aromatic nitrogens is 4. The third kappa shape index (κ3) is 11.3. The molecule has 2 aromatic heterocycles. The minimum Gasteiger partial charge on any atom is -0.474 e. The van der Waals surface area contributed by atoms with E-state index in [1.54, 1.807) is 51.5 Å². The van der Waals surface area contributed by atoms with Crippen molar-refractivity contribution in [1.29, 1.82) is 0 Å². The summed E-state index contributed by atoms with van der Waals surface area (Å²) in [5.74, 6) is -3.43. The molecule has 0 radical (unpaired) electrons. The van der Waals surface area contributed by atoms with Gasteiger partial charge in [0.15, 0.2) is 11.6 Å². The Balaban J connectivity index is 0.982. The molecule has 4 aliphatic rings. The summed E-state index contributed by atoms with van der Waals surface area (Å²) >= 11 is 0. The van der Waals surface area contributed by atoms with Crippen LogP contribution in [0.4, 0.5) is 38.8 Å². The molecule has 2 saturated heterocycles. The zero-order chi connectivity index (χ0) is 50.5. The molecule has 0 spiro atoms. The number of rotatable bonds is 18. The van der Waals surface area contributed by atoms with Crippen LogP contribution in [0.15, 0.2) is 54.6 Å². The van der Waals surface area contributed by atoms with Crippen molar-refractivity contribution in [2.24, 2.45) is 0 Å². The van der Waals surface area contributed by atoms with E-state index in [0.29, 0.717) is 80.4 Å². The second kappa shape index (κ2) is 22.8. The Morgan fingerprint density at radius 1 is 0.736 bits per heavy atom. The second-order valence-electron chi connectivity index (χ2n) is 19.4. The highest BCUT2D eigenvalue weighted by molar-refractivity contribution is 5.91. The first-order chi connectivity index (χ1) is 34.9. The lowest BCUT2D eigenvalue weighted by molar-refractivity contribution is 0.159. The highest BCUT2D eigenvalue weighted by atomic mass is 19.2. The molecule has 4 unspecified atom stereocenters. The Kier molecular flexibility index (Phi) is 16.1. The number of fused-ring (bicyclic) bond motifs is 1. The van der Waals surface area contributed by atoms with Crippen molar-refractivity contribution in [2.75, 3.05) is 90.5 Å². The van der Waals surface area contributed by atoms with Crippen LogP contribution in [0.1, 0.15) is 84.4 Å². The number of likely N-dealkylation sites (tertiary alicyclic amines) is 2. The Hall–Kier alpha value is -6.06. The number of urea groups is 2. The Morgan fingerprint density at radius 3 is 2.01 bits per heavy atom. The smallest absolute Gasteiger partial charge is 0.320 e. The maximum Gasteiger partial charge on any atom is 0.320 e. The van der Waals surface area contributed by atoms with Crippen LogP contribution in [0.3, 0.4) is 0 Å². The first-order valence-electron chi connectivity index (χ1n) is 25.0. The van der Waals surface area contributed by atoms with Crippen LogP contribution >= 0.6 is 0 Å². The molecule has 386 valence electrons. The van der Waals surface area contributed by atoms with Gasteiger partial charge in [0.2, 0.25) is 5.88 Å². The van der Waals surface area contributed by atoms with E-state index >= 15 is 8.78 Å². The molecule has 20 heteroatoms. The number of halogens is 4. The fourth-order valence-electron chi connectivity index (χ4n) is 11.0. The Bertz CT molecular complexity index is 2710. The fourth-order valence-corrected chi connectivity index (χ4v) is 11.0. The van der Waals surface area contributed by atoms with Gasteiger partial charge in [-0.05, 0) is 92.1 Å². The van der Waals surface area contributed by atoms with Gasteiger partial charge in [-0.2, -0.15) is 5.10 Å². The van der Waals surface area contributed by atoms with Gasteiger partial charge >= 0.3 is 12.1 Å². The normalized spacial score (nSPS) is 20.5. The predicted octanol–water partition coefficient (Wildman–Crippen LogP) is 7.44. The topological polar surface area (TPSA) is 172 Å². The fraction of sp³-hybridized carbons (Fsp3) is 0.500. The molecule has 4 heterocycles. The Labute approximate surface area is 416 Å². The summed E-state index contributed by atoms with van der Waals surface area (Å²) < 4.78 is 81.0. The number of aliphatic hydroxyl groups excluding tert-OH is 1.